The second kappa shape index (κ2) is 8.28. The predicted molar refractivity (Wildman–Crippen MR) is 96.1 cm³/mol. The second-order valence-corrected chi connectivity index (χ2v) is 6.42. The molecule has 0 aliphatic carbocycles. The van der Waals surface area contributed by atoms with Crippen LogP contribution in [0.5, 0.6) is 0 Å². The summed E-state index contributed by atoms with van der Waals surface area (Å²) < 4.78 is 7.29. The minimum Gasteiger partial charge on any atom is -0.383 e. The summed E-state index contributed by atoms with van der Waals surface area (Å²) in [5, 5.41) is 10.3. The van der Waals surface area contributed by atoms with Crippen molar-refractivity contribution < 1.29 is 4.74 Å². The van der Waals surface area contributed by atoms with E-state index < -0.39 is 0 Å². The largest absolute Gasteiger partial charge is 0.383 e. The number of thioether (sulfide) groups is 1. The van der Waals surface area contributed by atoms with Crippen molar-refractivity contribution in [2.45, 2.75) is 17.5 Å². The fourth-order valence-corrected chi connectivity index (χ4v) is 3.50. The van der Waals surface area contributed by atoms with E-state index in [0.717, 1.165) is 32.9 Å². The molecule has 0 unspecified atom stereocenters. The first-order chi connectivity index (χ1) is 11.8. The van der Waals surface area contributed by atoms with Crippen molar-refractivity contribution in [2.75, 3.05) is 13.7 Å². The van der Waals surface area contributed by atoms with Gasteiger partial charge in [0.1, 0.15) is 0 Å². The van der Waals surface area contributed by atoms with Gasteiger partial charge in [-0.3, -0.25) is 9.55 Å². The standard InChI is InChI=1S/C17H17ClN4OS/c1-23-11-10-22-16(13-6-8-19-9-7-13)20-21-17(22)24-12-14-4-2-3-5-15(14)18/h2-9H,10-12H2,1H3. The number of hydrogen-bond donors (Lipinski definition) is 0. The lowest BCUT2D eigenvalue weighted by atomic mass is 10.2. The van der Waals surface area contributed by atoms with Crippen LogP contribution in [0.3, 0.4) is 0 Å². The van der Waals surface area contributed by atoms with Crippen LogP contribution >= 0.6 is 23.4 Å². The van der Waals surface area contributed by atoms with Crippen molar-refractivity contribution in [3.05, 3.63) is 59.4 Å². The van der Waals surface area contributed by atoms with E-state index in [2.05, 4.69) is 19.7 Å². The van der Waals surface area contributed by atoms with Crippen LogP contribution in [0, 0.1) is 0 Å². The summed E-state index contributed by atoms with van der Waals surface area (Å²) >= 11 is 7.85. The number of nitrogens with zero attached hydrogens (tertiary/aromatic N) is 4. The highest BCUT2D eigenvalue weighted by Crippen LogP contribution is 2.28. The van der Waals surface area contributed by atoms with Crippen molar-refractivity contribution in [3.8, 4) is 11.4 Å². The van der Waals surface area contributed by atoms with Gasteiger partial charge in [0.2, 0.25) is 0 Å². The van der Waals surface area contributed by atoms with E-state index in [1.165, 1.54) is 0 Å². The first-order valence-electron chi connectivity index (χ1n) is 7.48. The molecule has 0 bridgehead atoms. The Balaban J connectivity index is 1.85. The number of ether oxygens (including phenoxy) is 1. The van der Waals surface area contributed by atoms with Crippen LogP contribution in [0.4, 0.5) is 0 Å². The van der Waals surface area contributed by atoms with E-state index >= 15 is 0 Å². The molecule has 0 aliphatic heterocycles. The maximum Gasteiger partial charge on any atom is 0.191 e. The van der Waals surface area contributed by atoms with Crippen LogP contribution in [-0.2, 0) is 17.0 Å². The number of rotatable bonds is 7. The van der Waals surface area contributed by atoms with Gasteiger partial charge in [0.05, 0.1) is 13.2 Å². The molecule has 2 aromatic heterocycles. The summed E-state index contributed by atoms with van der Waals surface area (Å²) in [6.45, 7) is 1.28. The van der Waals surface area contributed by atoms with Gasteiger partial charge in [0, 0.05) is 35.8 Å². The molecule has 0 fully saturated rings. The Labute approximate surface area is 150 Å². The van der Waals surface area contributed by atoms with E-state index in [9.17, 15) is 0 Å². The van der Waals surface area contributed by atoms with Crippen LogP contribution in [0.15, 0.2) is 53.9 Å². The van der Waals surface area contributed by atoms with Gasteiger partial charge in [-0.25, -0.2) is 0 Å². The van der Waals surface area contributed by atoms with Crippen molar-refractivity contribution in [1.29, 1.82) is 0 Å². The van der Waals surface area contributed by atoms with E-state index in [1.807, 2.05) is 36.4 Å². The molecule has 2 heterocycles. The molecule has 0 spiro atoms. The van der Waals surface area contributed by atoms with Gasteiger partial charge in [-0.1, -0.05) is 41.6 Å². The smallest absolute Gasteiger partial charge is 0.191 e. The summed E-state index contributed by atoms with van der Waals surface area (Å²) in [6.07, 6.45) is 3.50. The van der Waals surface area contributed by atoms with Gasteiger partial charge in [-0.2, -0.15) is 0 Å². The molecule has 0 saturated heterocycles. The number of pyridine rings is 1. The number of methoxy groups -OCH3 is 1. The van der Waals surface area contributed by atoms with Gasteiger partial charge < -0.3 is 4.74 Å². The Morgan fingerprint density at radius 3 is 2.67 bits per heavy atom. The molecule has 0 aliphatic rings. The number of halogens is 1. The Hall–Kier alpha value is -1.89. The van der Waals surface area contributed by atoms with E-state index in [-0.39, 0.29) is 0 Å². The lowest BCUT2D eigenvalue weighted by molar-refractivity contribution is 0.185. The molecule has 3 rings (SSSR count). The normalized spacial score (nSPS) is 10.9. The molecule has 0 radical (unpaired) electrons. The molecule has 7 heteroatoms. The summed E-state index contributed by atoms with van der Waals surface area (Å²) in [6, 6.07) is 11.7. The third kappa shape index (κ3) is 3.95. The number of aromatic nitrogens is 4. The molecule has 0 atom stereocenters. The minimum absolute atomic E-state index is 0.593. The van der Waals surface area contributed by atoms with Gasteiger partial charge in [-0.15, -0.1) is 10.2 Å². The fourth-order valence-electron chi connectivity index (χ4n) is 2.25. The number of benzene rings is 1. The zero-order valence-electron chi connectivity index (χ0n) is 13.2. The maximum atomic E-state index is 6.23. The third-order valence-electron chi connectivity index (χ3n) is 3.49. The van der Waals surface area contributed by atoms with Gasteiger partial charge in [0.25, 0.3) is 0 Å². The predicted octanol–water partition coefficient (Wildman–Crippen LogP) is 3.93. The van der Waals surface area contributed by atoms with Crippen molar-refractivity contribution in [2.24, 2.45) is 0 Å². The highest BCUT2D eigenvalue weighted by Gasteiger charge is 2.14. The Kier molecular flexibility index (Phi) is 5.85. The monoisotopic (exact) mass is 360 g/mol. The molecule has 24 heavy (non-hydrogen) atoms. The van der Waals surface area contributed by atoms with Crippen molar-refractivity contribution >= 4 is 23.4 Å². The summed E-state index contributed by atoms with van der Waals surface area (Å²) in [5.74, 6) is 1.55. The van der Waals surface area contributed by atoms with Crippen LogP contribution in [0.25, 0.3) is 11.4 Å². The van der Waals surface area contributed by atoms with Crippen LogP contribution < -0.4 is 0 Å². The number of hydrogen-bond acceptors (Lipinski definition) is 5. The van der Waals surface area contributed by atoms with Crippen LogP contribution in [-0.4, -0.2) is 33.5 Å². The first-order valence-corrected chi connectivity index (χ1v) is 8.84. The van der Waals surface area contributed by atoms with Crippen molar-refractivity contribution in [3.63, 3.8) is 0 Å². The van der Waals surface area contributed by atoms with Crippen LogP contribution in [0.1, 0.15) is 5.56 Å². The average Bonchev–Trinajstić information content (AvgIpc) is 3.03. The van der Waals surface area contributed by atoms with Gasteiger partial charge in [-0.05, 0) is 23.8 Å². The van der Waals surface area contributed by atoms with E-state index in [0.29, 0.717) is 13.2 Å². The highest BCUT2D eigenvalue weighted by atomic mass is 35.5. The Morgan fingerprint density at radius 2 is 1.92 bits per heavy atom. The van der Waals surface area contributed by atoms with Gasteiger partial charge in [0.15, 0.2) is 11.0 Å². The minimum atomic E-state index is 0.593. The Bertz CT molecular complexity index is 794. The summed E-state index contributed by atoms with van der Waals surface area (Å²) in [5.41, 5.74) is 2.06. The van der Waals surface area contributed by atoms with Gasteiger partial charge >= 0.3 is 0 Å². The zero-order valence-corrected chi connectivity index (χ0v) is 14.8. The van der Waals surface area contributed by atoms with Crippen LogP contribution in [0.2, 0.25) is 5.02 Å². The van der Waals surface area contributed by atoms with E-state index in [4.69, 9.17) is 16.3 Å². The molecule has 3 aromatic rings. The molecular weight excluding hydrogens is 344 g/mol. The quantitative estimate of drug-likeness (QED) is 0.597. The topological polar surface area (TPSA) is 52.8 Å². The molecule has 0 saturated carbocycles. The summed E-state index contributed by atoms with van der Waals surface area (Å²) in [4.78, 5) is 4.05. The molecule has 5 nitrogen and oxygen atoms in total. The lowest BCUT2D eigenvalue weighted by Crippen LogP contribution is -2.07. The summed E-state index contributed by atoms with van der Waals surface area (Å²) in [7, 11) is 1.69. The molecule has 0 amide bonds. The highest BCUT2D eigenvalue weighted by molar-refractivity contribution is 7.98. The SMILES string of the molecule is COCCn1c(SCc2ccccc2Cl)nnc1-c1ccncc1. The van der Waals surface area contributed by atoms with E-state index in [1.54, 1.807) is 31.3 Å². The zero-order chi connectivity index (χ0) is 16.8. The first kappa shape index (κ1) is 17.0. The molecule has 1 aromatic carbocycles. The lowest BCUT2D eigenvalue weighted by Gasteiger charge is -2.10. The maximum absolute atomic E-state index is 6.23. The Morgan fingerprint density at radius 1 is 1.12 bits per heavy atom. The second-order valence-electron chi connectivity index (χ2n) is 5.07. The fraction of sp³-hybridized carbons (Fsp3) is 0.235. The molecule has 124 valence electrons. The molecular formula is C17H17ClN4OS. The van der Waals surface area contributed by atoms with Crippen molar-refractivity contribution in [1.82, 2.24) is 19.7 Å². The molecule has 0 N–H and O–H groups in total. The third-order valence-corrected chi connectivity index (χ3v) is 4.87. The average molecular weight is 361 g/mol.